The minimum atomic E-state index is -4.19. The largest absolute Gasteiger partial charge is 0.391 e. The summed E-state index contributed by atoms with van der Waals surface area (Å²) >= 11 is 3.21. The van der Waals surface area contributed by atoms with Crippen molar-refractivity contribution in [3.63, 3.8) is 0 Å². The van der Waals surface area contributed by atoms with E-state index in [0.29, 0.717) is 36.5 Å². The van der Waals surface area contributed by atoms with Gasteiger partial charge in [0.2, 0.25) is 0 Å². The molecule has 3 nitrogen and oxygen atoms in total. The average molecular weight is 338 g/mol. The van der Waals surface area contributed by atoms with Gasteiger partial charge in [-0.15, -0.1) is 0 Å². The van der Waals surface area contributed by atoms with Crippen LogP contribution in [0.5, 0.6) is 0 Å². The van der Waals surface area contributed by atoms with E-state index in [1.165, 1.54) is 0 Å². The molecular formula is C12H15BrF3N3. The first-order valence-corrected chi connectivity index (χ1v) is 6.89. The van der Waals surface area contributed by atoms with E-state index in [2.05, 4.69) is 26.2 Å². The Morgan fingerprint density at radius 1 is 1.32 bits per heavy atom. The Morgan fingerprint density at radius 3 is 2.58 bits per heavy atom. The summed E-state index contributed by atoms with van der Waals surface area (Å²) in [5.41, 5.74) is 0.466. The van der Waals surface area contributed by atoms with Crippen LogP contribution in [0, 0.1) is 0 Å². The van der Waals surface area contributed by atoms with E-state index >= 15 is 0 Å². The van der Waals surface area contributed by atoms with Gasteiger partial charge in [0.05, 0.1) is 18.2 Å². The summed E-state index contributed by atoms with van der Waals surface area (Å²) in [5, 5.41) is 3.14. The maximum absolute atomic E-state index is 12.8. The zero-order valence-electron chi connectivity index (χ0n) is 10.3. The molecule has 106 valence electrons. The van der Waals surface area contributed by atoms with Crippen molar-refractivity contribution in [2.45, 2.75) is 18.6 Å². The van der Waals surface area contributed by atoms with Crippen molar-refractivity contribution >= 4 is 15.9 Å². The molecule has 0 unspecified atom stereocenters. The van der Waals surface area contributed by atoms with E-state index in [0.717, 1.165) is 0 Å². The summed E-state index contributed by atoms with van der Waals surface area (Å²) < 4.78 is 38.9. The molecule has 2 heterocycles. The van der Waals surface area contributed by atoms with E-state index in [1.54, 1.807) is 18.2 Å². The van der Waals surface area contributed by atoms with Gasteiger partial charge < -0.3 is 5.32 Å². The second kappa shape index (κ2) is 6.19. The molecule has 1 N–H and O–H groups in total. The van der Waals surface area contributed by atoms with Crippen LogP contribution in [0.4, 0.5) is 13.2 Å². The van der Waals surface area contributed by atoms with Gasteiger partial charge in [0.15, 0.2) is 0 Å². The summed E-state index contributed by atoms with van der Waals surface area (Å²) in [6.45, 7) is 2.63. The minimum Gasteiger partial charge on any atom is -0.314 e. The third-order valence-electron chi connectivity index (χ3n) is 3.10. The van der Waals surface area contributed by atoms with E-state index in [1.807, 2.05) is 4.90 Å². The lowest BCUT2D eigenvalue weighted by Crippen LogP contribution is -2.46. The van der Waals surface area contributed by atoms with Crippen molar-refractivity contribution in [1.82, 2.24) is 15.2 Å². The quantitative estimate of drug-likeness (QED) is 0.859. The summed E-state index contributed by atoms with van der Waals surface area (Å²) in [5.74, 6) is 0. The van der Waals surface area contributed by atoms with Gasteiger partial charge in [-0.3, -0.25) is 4.90 Å². The van der Waals surface area contributed by atoms with Crippen LogP contribution in [0.15, 0.2) is 22.8 Å². The third kappa shape index (κ3) is 4.43. The fourth-order valence-corrected chi connectivity index (χ4v) is 2.60. The summed E-state index contributed by atoms with van der Waals surface area (Å²) in [6, 6.07) is 4.38. The minimum absolute atomic E-state index is 0.466. The molecule has 1 aliphatic heterocycles. The van der Waals surface area contributed by atoms with Crippen LogP contribution in [0.25, 0.3) is 0 Å². The molecule has 0 bridgehead atoms. The SMILES string of the molecule is FC(F)(F)C[C@H](c1cccc(Br)n1)N1CCNCC1. The second-order valence-corrected chi connectivity index (χ2v) is 5.32. The van der Waals surface area contributed by atoms with Gasteiger partial charge in [-0.1, -0.05) is 6.07 Å². The highest BCUT2D eigenvalue weighted by molar-refractivity contribution is 9.10. The normalized spacial score (nSPS) is 19.4. The number of alkyl halides is 3. The van der Waals surface area contributed by atoms with Crippen molar-refractivity contribution in [3.05, 3.63) is 28.5 Å². The summed E-state index contributed by atoms with van der Waals surface area (Å²) in [6.07, 6.45) is -5.06. The van der Waals surface area contributed by atoms with Crippen molar-refractivity contribution in [1.29, 1.82) is 0 Å². The molecule has 1 fully saturated rings. The van der Waals surface area contributed by atoms with Crippen molar-refractivity contribution < 1.29 is 13.2 Å². The molecule has 1 aliphatic rings. The molecule has 0 aromatic carbocycles. The molecule has 19 heavy (non-hydrogen) atoms. The van der Waals surface area contributed by atoms with Crippen LogP contribution in [-0.4, -0.2) is 42.2 Å². The van der Waals surface area contributed by atoms with Crippen molar-refractivity contribution in [2.75, 3.05) is 26.2 Å². The average Bonchev–Trinajstić information content (AvgIpc) is 2.36. The van der Waals surface area contributed by atoms with Gasteiger partial charge >= 0.3 is 6.18 Å². The highest BCUT2D eigenvalue weighted by Crippen LogP contribution is 2.33. The first kappa shape index (κ1) is 14.7. The van der Waals surface area contributed by atoms with Gasteiger partial charge in [0.25, 0.3) is 0 Å². The zero-order valence-corrected chi connectivity index (χ0v) is 11.8. The zero-order chi connectivity index (χ0) is 13.9. The number of aromatic nitrogens is 1. The van der Waals surface area contributed by atoms with Crippen molar-refractivity contribution in [3.8, 4) is 0 Å². The summed E-state index contributed by atoms with van der Waals surface area (Å²) in [7, 11) is 0. The number of piperazine rings is 1. The van der Waals surface area contributed by atoms with E-state index in [9.17, 15) is 13.2 Å². The molecule has 1 saturated heterocycles. The van der Waals surface area contributed by atoms with Gasteiger partial charge in [0, 0.05) is 26.2 Å². The molecule has 0 spiro atoms. The Balaban J connectivity index is 2.22. The summed E-state index contributed by atoms with van der Waals surface area (Å²) in [4.78, 5) is 6.03. The Morgan fingerprint density at radius 2 is 2.00 bits per heavy atom. The maximum Gasteiger partial charge on any atom is 0.391 e. The molecule has 1 aromatic rings. The van der Waals surface area contributed by atoms with Gasteiger partial charge in [-0.2, -0.15) is 13.2 Å². The third-order valence-corrected chi connectivity index (χ3v) is 3.54. The fraction of sp³-hybridized carbons (Fsp3) is 0.583. The smallest absolute Gasteiger partial charge is 0.314 e. The van der Waals surface area contributed by atoms with Crippen LogP contribution in [0.1, 0.15) is 18.2 Å². The number of rotatable bonds is 3. The van der Waals surface area contributed by atoms with Gasteiger partial charge in [-0.25, -0.2) is 4.98 Å². The number of hydrogen-bond acceptors (Lipinski definition) is 3. The molecule has 0 aliphatic carbocycles. The molecule has 0 amide bonds. The Labute approximate surface area is 118 Å². The fourth-order valence-electron chi connectivity index (χ4n) is 2.24. The van der Waals surface area contributed by atoms with Gasteiger partial charge in [-0.05, 0) is 28.1 Å². The van der Waals surface area contributed by atoms with E-state index < -0.39 is 18.6 Å². The molecule has 0 radical (unpaired) electrons. The van der Waals surface area contributed by atoms with Crippen LogP contribution >= 0.6 is 15.9 Å². The van der Waals surface area contributed by atoms with Crippen LogP contribution < -0.4 is 5.32 Å². The standard InChI is InChI=1S/C12H15BrF3N3/c13-11-3-1-2-9(18-11)10(8-12(14,15)16)19-6-4-17-5-7-19/h1-3,10,17H,4-8H2/t10-/m1/s1. The molecule has 1 atom stereocenters. The Hall–Kier alpha value is -0.660. The van der Waals surface area contributed by atoms with E-state index in [4.69, 9.17) is 0 Å². The molecule has 2 rings (SSSR count). The Kier molecular flexibility index (Phi) is 4.81. The predicted octanol–water partition coefficient (Wildman–Crippen LogP) is 2.74. The molecule has 1 aromatic heterocycles. The first-order chi connectivity index (χ1) is 8.96. The monoisotopic (exact) mass is 337 g/mol. The molecule has 0 saturated carbocycles. The number of hydrogen-bond donors (Lipinski definition) is 1. The lowest BCUT2D eigenvalue weighted by molar-refractivity contribution is -0.149. The van der Waals surface area contributed by atoms with Crippen molar-refractivity contribution in [2.24, 2.45) is 0 Å². The number of nitrogens with zero attached hydrogens (tertiary/aromatic N) is 2. The highest BCUT2D eigenvalue weighted by atomic mass is 79.9. The number of nitrogens with one attached hydrogen (secondary N) is 1. The first-order valence-electron chi connectivity index (χ1n) is 6.10. The number of pyridine rings is 1. The topological polar surface area (TPSA) is 28.2 Å². The van der Waals surface area contributed by atoms with Gasteiger partial charge in [0.1, 0.15) is 4.60 Å². The number of halogens is 4. The van der Waals surface area contributed by atoms with Crippen LogP contribution in [0.2, 0.25) is 0 Å². The Bertz CT molecular complexity index is 419. The van der Waals surface area contributed by atoms with E-state index in [-0.39, 0.29) is 0 Å². The van der Waals surface area contributed by atoms with Crippen LogP contribution in [-0.2, 0) is 0 Å². The highest BCUT2D eigenvalue weighted by Gasteiger charge is 2.36. The maximum atomic E-state index is 12.8. The lowest BCUT2D eigenvalue weighted by Gasteiger charge is -2.35. The predicted molar refractivity (Wildman–Crippen MR) is 69.8 cm³/mol. The lowest BCUT2D eigenvalue weighted by atomic mass is 10.1. The second-order valence-electron chi connectivity index (χ2n) is 4.51. The van der Waals surface area contributed by atoms with Crippen LogP contribution in [0.3, 0.4) is 0 Å². The molecular weight excluding hydrogens is 323 g/mol. The molecule has 7 heteroatoms.